The van der Waals surface area contributed by atoms with E-state index in [1.165, 1.54) is 0 Å². The third kappa shape index (κ3) is 4.77. The Labute approximate surface area is 149 Å². The van der Waals surface area contributed by atoms with Crippen LogP contribution in [0.5, 0.6) is 11.5 Å². The number of rotatable bonds is 8. The number of hydrogen-bond acceptors (Lipinski definition) is 3. The number of nitrogens with one attached hydrogen (secondary N) is 1. The van der Waals surface area contributed by atoms with Gasteiger partial charge in [-0.25, -0.2) is 0 Å². The van der Waals surface area contributed by atoms with Crippen LogP contribution in [0, 0.1) is 0 Å². The van der Waals surface area contributed by atoms with E-state index in [0.717, 1.165) is 28.3 Å². The van der Waals surface area contributed by atoms with Gasteiger partial charge in [-0.1, -0.05) is 60.7 Å². The number of para-hydroxylation sites is 3. The lowest BCUT2D eigenvalue weighted by Gasteiger charge is -2.15. The molecule has 0 spiro atoms. The number of anilines is 1. The fraction of sp³-hybridized carbons (Fsp3) is 0.182. The molecule has 128 valence electrons. The van der Waals surface area contributed by atoms with E-state index < -0.39 is 0 Å². The molecule has 0 bridgehead atoms. The van der Waals surface area contributed by atoms with Gasteiger partial charge >= 0.3 is 0 Å². The molecule has 0 aliphatic carbocycles. The number of benzene rings is 3. The zero-order valence-corrected chi connectivity index (χ0v) is 14.4. The van der Waals surface area contributed by atoms with Crippen LogP contribution >= 0.6 is 0 Å². The molecule has 0 fully saturated rings. The highest BCUT2D eigenvalue weighted by Crippen LogP contribution is 2.27. The minimum Gasteiger partial charge on any atom is -0.494 e. The van der Waals surface area contributed by atoms with E-state index in [4.69, 9.17) is 9.47 Å². The molecule has 0 aliphatic heterocycles. The fourth-order valence-electron chi connectivity index (χ4n) is 2.61. The SMILES string of the molecule is CCOc1ccccc1CNc1ccccc1OCc1ccccc1. The van der Waals surface area contributed by atoms with Crippen molar-refractivity contribution in [2.75, 3.05) is 11.9 Å². The summed E-state index contributed by atoms with van der Waals surface area (Å²) < 4.78 is 11.7. The maximum Gasteiger partial charge on any atom is 0.142 e. The lowest BCUT2D eigenvalue weighted by molar-refractivity contribution is 0.307. The van der Waals surface area contributed by atoms with E-state index in [-0.39, 0.29) is 0 Å². The van der Waals surface area contributed by atoms with E-state index in [0.29, 0.717) is 19.8 Å². The molecule has 3 aromatic rings. The van der Waals surface area contributed by atoms with Gasteiger partial charge in [0.15, 0.2) is 0 Å². The van der Waals surface area contributed by atoms with Gasteiger partial charge in [-0.3, -0.25) is 0 Å². The molecule has 0 aromatic heterocycles. The number of ether oxygens (including phenoxy) is 2. The van der Waals surface area contributed by atoms with Crippen molar-refractivity contribution >= 4 is 5.69 Å². The van der Waals surface area contributed by atoms with Gasteiger partial charge in [0.25, 0.3) is 0 Å². The van der Waals surface area contributed by atoms with E-state index in [2.05, 4.69) is 23.5 Å². The van der Waals surface area contributed by atoms with Crippen molar-refractivity contribution in [3.63, 3.8) is 0 Å². The molecule has 0 radical (unpaired) electrons. The second-order valence-electron chi connectivity index (χ2n) is 5.66. The molecule has 3 rings (SSSR count). The highest BCUT2D eigenvalue weighted by Gasteiger charge is 2.06. The normalized spacial score (nSPS) is 10.3. The summed E-state index contributed by atoms with van der Waals surface area (Å²) in [5.74, 6) is 1.76. The molecule has 0 unspecified atom stereocenters. The van der Waals surface area contributed by atoms with Crippen molar-refractivity contribution in [1.29, 1.82) is 0 Å². The van der Waals surface area contributed by atoms with E-state index in [9.17, 15) is 0 Å². The van der Waals surface area contributed by atoms with Crippen LogP contribution in [0.4, 0.5) is 5.69 Å². The third-order valence-electron chi connectivity index (χ3n) is 3.87. The van der Waals surface area contributed by atoms with Crippen molar-refractivity contribution in [1.82, 2.24) is 0 Å². The number of hydrogen-bond donors (Lipinski definition) is 1. The molecule has 3 nitrogen and oxygen atoms in total. The fourth-order valence-corrected chi connectivity index (χ4v) is 2.61. The van der Waals surface area contributed by atoms with Crippen LogP contribution in [-0.2, 0) is 13.2 Å². The molecule has 0 saturated heterocycles. The molecular weight excluding hydrogens is 310 g/mol. The standard InChI is InChI=1S/C22H23NO2/c1-2-24-21-14-8-6-12-19(21)16-23-20-13-7-9-15-22(20)25-17-18-10-4-3-5-11-18/h3-15,23H,2,16-17H2,1H3. The Morgan fingerprint density at radius 2 is 1.40 bits per heavy atom. The van der Waals surface area contributed by atoms with Crippen LogP contribution in [0.15, 0.2) is 78.9 Å². The summed E-state index contributed by atoms with van der Waals surface area (Å²) in [6.45, 7) is 3.89. The Kier molecular flexibility index (Phi) is 5.94. The monoisotopic (exact) mass is 333 g/mol. The molecule has 0 atom stereocenters. The average Bonchev–Trinajstić information content (AvgIpc) is 2.67. The van der Waals surface area contributed by atoms with Crippen molar-refractivity contribution in [3.8, 4) is 11.5 Å². The predicted molar refractivity (Wildman–Crippen MR) is 102 cm³/mol. The van der Waals surface area contributed by atoms with E-state index in [1.54, 1.807) is 0 Å². The summed E-state index contributed by atoms with van der Waals surface area (Å²) in [7, 11) is 0. The van der Waals surface area contributed by atoms with Gasteiger partial charge in [-0.2, -0.15) is 0 Å². The predicted octanol–water partition coefficient (Wildman–Crippen LogP) is 5.28. The van der Waals surface area contributed by atoms with Crippen LogP contribution in [-0.4, -0.2) is 6.61 Å². The summed E-state index contributed by atoms with van der Waals surface area (Å²) in [5, 5.41) is 3.46. The molecule has 25 heavy (non-hydrogen) atoms. The molecule has 0 heterocycles. The van der Waals surface area contributed by atoms with Crippen LogP contribution < -0.4 is 14.8 Å². The molecule has 0 aliphatic rings. The molecule has 3 heteroatoms. The van der Waals surface area contributed by atoms with E-state index >= 15 is 0 Å². The zero-order valence-electron chi connectivity index (χ0n) is 14.4. The van der Waals surface area contributed by atoms with Gasteiger partial charge in [-0.15, -0.1) is 0 Å². The van der Waals surface area contributed by atoms with Crippen molar-refractivity contribution < 1.29 is 9.47 Å². The first-order valence-electron chi connectivity index (χ1n) is 8.57. The summed E-state index contributed by atoms with van der Waals surface area (Å²) >= 11 is 0. The van der Waals surface area contributed by atoms with Gasteiger partial charge in [0.05, 0.1) is 12.3 Å². The second kappa shape index (κ2) is 8.78. The smallest absolute Gasteiger partial charge is 0.142 e. The highest BCUT2D eigenvalue weighted by molar-refractivity contribution is 5.56. The second-order valence-corrected chi connectivity index (χ2v) is 5.66. The minimum absolute atomic E-state index is 0.551. The molecule has 1 N–H and O–H groups in total. The summed E-state index contributed by atoms with van der Waals surface area (Å²) in [6.07, 6.45) is 0. The maximum atomic E-state index is 6.00. The summed E-state index contributed by atoms with van der Waals surface area (Å²) in [4.78, 5) is 0. The Morgan fingerprint density at radius 3 is 2.20 bits per heavy atom. The van der Waals surface area contributed by atoms with Crippen LogP contribution in [0.3, 0.4) is 0 Å². The Bertz CT molecular complexity index is 787. The molecule has 0 amide bonds. The van der Waals surface area contributed by atoms with Gasteiger partial charge in [0.1, 0.15) is 18.1 Å². The van der Waals surface area contributed by atoms with Crippen LogP contribution in [0.2, 0.25) is 0 Å². The van der Waals surface area contributed by atoms with Crippen molar-refractivity contribution in [2.45, 2.75) is 20.1 Å². The first kappa shape index (κ1) is 16.9. The first-order valence-corrected chi connectivity index (χ1v) is 8.57. The Morgan fingerprint density at radius 1 is 0.720 bits per heavy atom. The Balaban J connectivity index is 1.67. The largest absolute Gasteiger partial charge is 0.494 e. The van der Waals surface area contributed by atoms with Crippen LogP contribution in [0.25, 0.3) is 0 Å². The van der Waals surface area contributed by atoms with E-state index in [1.807, 2.05) is 67.6 Å². The van der Waals surface area contributed by atoms with Gasteiger partial charge in [0.2, 0.25) is 0 Å². The first-order chi connectivity index (χ1) is 12.4. The molecule has 3 aromatic carbocycles. The topological polar surface area (TPSA) is 30.5 Å². The van der Waals surface area contributed by atoms with Gasteiger partial charge in [-0.05, 0) is 30.7 Å². The quantitative estimate of drug-likeness (QED) is 0.608. The lowest BCUT2D eigenvalue weighted by Crippen LogP contribution is -2.05. The van der Waals surface area contributed by atoms with Crippen molar-refractivity contribution in [3.05, 3.63) is 90.0 Å². The highest BCUT2D eigenvalue weighted by atomic mass is 16.5. The van der Waals surface area contributed by atoms with Crippen molar-refractivity contribution in [2.24, 2.45) is 0 Å². The lowest BCUT2D eigenvalue weighted by atomic mass is 10.2. The average molecular weight is 333 g/mol. The summed E-state index contributed by atoms with van der Waals surface area (Å²) in [5.41, 5.74) is 3.26. The molecule has 0 saturated carbocycles. The minimum atomic E-state index is 0.551. The van der Waals surface area contributed by atoms with Gasteiger partial charge < -0.3 is 14.8 Å². The summed E-state index contributed by atoms with van der Waals surface area (Å²) in [6, 6.07) is 26.3. The van der Waals surface area contributed by atoms with Gasteiger partial charge in [0, 0.05) is 12.1 Å². The Hall–Kier alpha value is -2.94. The zero-order chi connectivity index (χ0) is 17.3. The third-order valence-corrected chi connectivity index (χ3v) is 3.87. The molecular formula is C22H23NO2. The maximum absolute atomic E-state index is 6.00. The van der Waals surface area contributed by atoms with Crippen LogP contribution in [0.1, 0.15) is 18.1 Å².